The molecule has 0 aromatic heterocycles. The Hall–Kier alpha value is -3.07. The highest BCUT2D eigenvalue weighted by Crippen LogP contribution is 2.29. The van der Waals surface area contributed by atoms with Crippen molar-refractivity contribution in [2.45, 2.75) is 19.7 Å². The van der Waals surface area contributed by atoms with E-state index in [2.05, 4.69) is 10.1 Å². The molecule has 0 heterocycles. The second kappa shape index (κ2) is 11.2. The van der Waals surface area contributed by atoms with Crippen LogP contribution in [0.1, 0.15) is 11.1 Å². The van der Waals surface area contributed by atoms with Gasteiger partial charge in [0.15, 0.2) is 18.0 Å². The van der Waals surface area contributed by atoms with E-state index in [0.717, 1.165) is 10.5 Å². The molecular formula is C21H27F2N2O5+. The minimum atomic E-state index is -2.94. The highest BCUT2D eigenvalue weighted by molar-refractivity contribution is 5.76. The number of methoxy groups -OCH3 is 3. The van der Waals surface area contributed by atoms with E-state index in [0.29, 0.717) is 23.6 Å². The number of carbonyl (C=O) groups excluding carboxylic acids is 1. The number of benzene rings is 2. The summed E-state index contributed by atoms with van der Waals surface area (Å²) in [6, 6.07) is 10.1. The van der Waals surface area contributed by atoms with Gasteiger partial charge in [-0.25, -0.2) is 0 Å². The topological polar surface area (TPSA) is 70.5 Å². The number of carbonyl (C=O) groups is 1. The molecule has 0 aliphatic rings. The zero-order chi connectivity index (χ0) is 22.1. The molecule has 0 aliphatic heterocycles. The van der Waals surface area contributed by atoms with E-state index in [-0.39, 0.29) is 30.5 Å². The number of hydrogen-bond donors (Lipinski definition) is 2. The van der Waals surface area contributed by atoms with Gasteiger partial charge in [0.2, 0.25) is 0 Å². The third-order valence-corrected chi connectivity index (χ3v) is 4.38. The first kappa shape index (κ1) is 23.2. The fraction of sp³-hybridized carbons (Fsp3) is 0.381. The van der Waals surface area contributed by atoms with Crippen LogP contribution in [0, 0.1) is 0 Å². The van der Waals surface area contributed by atoms with E-state index in [1.165, 1.54) is 13.2 Å². The van der Waals surface area contributed by atoms with Crippen molar-refractivity contribution in [1.29, 1.82) is 0 Å². The monoisotopic (exact) mass is 425 g/mol. The minimum Gasteiger partial charge on any atom is -0.497 e. The predicted molar refractivity (Wildman–Crippen MR) is 106 cm³/mol. The zero-order valence-electron chi connectivity index (χ0n) is 17.5. The van der Waals surface area contributed by atoms with E-state index >= 15 is 0 Å². The summed E-state index contributed by atoms with van der Waals surface area (Å²) < 4.78 is 44.9. The van der Waals surface area contributed by atoms with Crippen LogP contribution in [0.15, 0.2) is 36.4 Å². The first-order valence-corrected chi connectivity index (χ1v) is 9.26. The first-order valence-electron chi connectivity index (χ1n) is 9.26. The van der Waals surface area contributed by atoms with E-state index in [9.17, 15) is 13.6 Å². The molecule has 2 aromatic carbocycles. The predicted octanol–water partition coefficient (Wildman–Crippen LogP) is 1.64. The number of nitrogens with one attached hydrogen (secondary N) is 2. The molecule has 164 valence electrons. The number of amides is 1. The summed E-state index contributed by atoms with van der Waals surface area (Å²) >= 11 is 0. The second-order valence-corrected chi connectivity index (χ2v) is 6.63. The standard InChI is InChI=1S/C21H26F2N2O5/c1-25(12-15-6-7-16(27-2)10-18(15)28-3)13-20(26)24-11-14-5-8-17(30-21(22)23)19(9-14)29-4/h5-10,21H,11-13H2,1-4H3,(H,24,26)/p+1. The molecule has 0 fully saturated rings. The van der Waals surface area contributed by atoms with Crippen LogP contribution >= 0.6 is 0 Å². The molecule has 0 spiro atoms. The Morgan fingerprint density at radius 3 is 2.37 bits per heavy atom. The average Bonchev–Trinajstić information content (AvgIpc) is 2.72. The van der Waals surface area contributed by atoms with Crippen LogP contribution in [0.5, 0.6) is 23.0 Å². The Kier molecular flexibility index (Phi) is 8.67. The van der Waals surface area contributed by atoms with Gasteiger partial charge in [0.25, 0.3) is 5.91 Å². The Morgan fingerprint density at radius 2 is 1.73 bits per heavy atom. The quantitative estimate of drug-likeness (QED) is 0.573. The Labute approximate surface area is 174 Å². The number of alkyl halides is 2. The van der Waals surface area contributed by atoms with Crippen LogP contribution in [0.3, 0.4) is 0 Å². The Balaban J connectivity index is 1.90. The summed E-state index contributed by atoms with van der Waals surface area (Å²) in [5.74, 6) is 1.38. The second-order valence-electron chi connectivity index (χ2n) is 6.63. The molecule has 0 saturated carbocycles. The third kappa shape index (κ3) is 6.77. The van der Waals surface area contributed by atoms with Crippen LogP contribution in [-0.4, -0.2) is 47.4 Å². The summed E-state index contributed by atoms with van der Waals surface area (Å²) in [4.78, 5) is 13.3. The van der Waals surface area contributed by atoms with Crippen molar-refractivity contribution >= 4 is 5.91 Å². The fourth-order valence-corrected chi connectivity index (χ4v) is 2.94. The van der Waals surface area contributed by atoms with Crippen molar-refractivity contribution in [3.05, 3.63) is 47.5 Å². The molecule has 1 amide bonds. The van der Waals surface area contributed by atoms with Crippen molar-refractivity contribution in [2.24, 2.45) is 0 Å². The van der Waals surface area contributed by atoms with Crippen molar-refractivity contribution in [3.63, 3.8) is 0 Å². The highest BCUT2D eigenvalue weighted by atomic mass is 19.3. The zero-order valence-corrected chi connectivity index (χ0v) is 17.5. The molecule has 1 atom stereocenters. The molecule has 2 N–H and O–H groups in total. The van der Waals surface area contributed by atoms with Crippen molar-refractivity contribution < 1.29 is 37.4 Å². The molecule has 0 aliphatic carbocycles. The van der Waals surface area contributed by atoms with Gasteiger partial charge in [0.1, 0.15) is 18.0 Å². The Bertz CT molecular complexity index is 848. The lowest BCUT2D eigenvalue weighted by Crippen LogP contribution is -3.08. The van der Waals surface area contributed by atoms with Crippen molar-refractivity contribution in [2.75, 3.05) is 34.9 Å². The van der Waals surface area contributed by atoms with E-state index in [1.807, 2.05) is 19.2 Å². The van der Waals surface area contributed by atoms with E-state index < -0.39 is 6.61 Å². The summed E-state index contributed by atoms with van der Waals surface area (Å²) in [5, 5.41) is 2.82. The van der Waals surface area contributed by atoms with Gasteiger partial charge < -0.3 is 29.2 Å². The largest absolute Gasteiger partial charge is 0.497 e. The number of rotatable bonds is 11. The fourth-order valence-electron chi connectivity index (χ4n) is 2.94. The average molecular weight is 425 g/mol. The maximum absolute atomic E-state index is 12.4. The molecule has 0 radical (unpaired) electrons. The minimum absolute atomic E-state index is 0.0554. The number of quaternary nitrogens is 1. The lowest BCUT2D eigenvalue weighted by Gasteiger charge is -2.16. The van der Waals surface area contributed by atoms with Gasteiger partial charge in [0.05, 0.1) is 28.4 Å². The number of halogens is 2. The van der Waals surface area contributed by atoms with Crippen LogP contribution in [0.25, 0.3) is 0 Å². The SMILES string of the molecule is COc1ccc(C[NH+](C)CC(=O)NCc2ccc(OC(F)F)c(OC)c2)c(OC)c1. The smallest absolute Gasteiger partial charge is 0.387 e. The van der Waals surface area contributed by atoms with Crippen LogP contribution in [-0.2, 0) is 17.9 Å². The lowest BCUT2D eigenvalue weighted by atomic mass is 10.1. The number of likely N-dealkylation sites (N-methyl/N-ethyl adjacent to an activating group) is 1. The van der Waals surface area contributed by atoms with Gasteiger partial charge >= 0.3 is 6.61 Å². The van der Waals surface area contributed by atoms with Crippen LogP contribution < -0.4 is 29.2 Å². The summed E-state index contributed by atoms with van der Waals surface area (Å²) in [6.07, 6.45) is 0. The van der Waals surface area contributed by atoms with Gasteiger partial charge in [-0.15, -0.1) is 0 Å². The maximum Gasteiger partial charge on any atom is 0.387 e. The Morgan fingerprint density at radius 1 is 1.00 bits per heavy atom. The maximum atomic E-state index is 12.4. The summed E-state index contributed by atoms with van der Waals surface area (Å²) in [5.41, 5.74) is 1.67. The molecule has 30 heavy (non-hydrogen) atoms. The number of ether oxygens (including phenoxy) is 4. The van der Waals surface area contributed by atoms with Gasteiger partial charge in [-0.2, -0.15) is 8.78 Å². The van der Waals surface area contributed by atoms with Crippen molar-refractivity contribution in [3.8, 4) is 23.0 Å². The molecule has 0 bridgehead atoms. The molecule has 2 rings (SSSR count). The number of hydrogen-bond acceptors (Lipinski definition) is 5. The van der Waals surface area contributed by atoms with E-state index in [1.54, 1.807) is 32.4 Å². The summed E-state index contributed by atoms with van der Waals surface area (Å²) in [7, 11) is 6.45. The third-order valence-electron chi connectivity index (χ3n) is 4.38. The summed E-state index contributed by atoms with van der Waals surface area (Å²) in [6.45, 7) is -1.86. The molecule has 7 nitrogen and oxygen atoms in total. The molecular weight excluding hydrogens is 398 g/mol. The van der Waals surface area contributed by atoms with Crippen LogP contribution in [0.4, 0.5) is 8.78 Å². The highest BCUT2D eigenvalue weighted by Gasteiger charge is 2.15. The lowest BCUT2D eigenvalue weighted by molar-refractivity contribution is -0.885. The molecule has 1 unspecified atom stereocenters. The van der Waals surface area contributed by atoms with Crippen LogP contribution in [0.2, 0.25) is 0 Å². The molecule has 2 aromatic rings. The normalized spacial score (nSPS) is 11.7. The van der Waals surface area contributed by atoms with Gasteiger partial charge in [-0.1, -0.05) is 6.07 Å². The molecule has 0 saturated heterocycles. The van der Waals surface area contributed by atoms with Gasteiger partial charge in [0, 0.05) is 18.2 Å². The van der Waals surface area contributed by atoms with E-state index in [4.69, 9.17) is 14.2 Å². The molecule has 9 heteroatoms. The first-order chi connectivity index (χ1) is 14.4. The van der Waals surface area contributed by atoms with Crippen molar-refractivity contribution in [1.82, 2.24) is 5.32 Å². The van der Waals surface area contributed by atoms with Gasteiger partial charge in [-0.3, -0.25) is 4.79 Å². The van der Waals surface area contributed by atoms with Gasteiger partial charge in [-0.05, 0) is 29.8 Å².